The molecule has 0 atom stereocenters. The molecule has 0 aromatic heterocycles. The highest BCUT2D eigenvalue weighted by molar-refractivity contribution is 7.90. The van der Waals surface area contributed by atoms with Gasteiger partial charge in [-0.2, -0.15) is 4.31 Å². The zero-order chi connectivity index (χ0) is 19.8. The van der Waals surface area contributed by atoms with Crippen LogP contribution in [0.4, 0.5) is 4.79 Å². The minimum absolute atomic E-state index is 0.00913. The summed E-state index contributed by atoms with van der Waals surface area (Å²) in [5.74, 6) is 0.147. The molecular formula is C17H17NO8S. The van der Waals surface area contributed by atoms with E-state index in [-0.39, 0.29) is 40.2 Å². The first kappa shape index (κ1) is 18.6. The molecule has 0 bridgehead atoms. The molecule has 0 aliphatic carbocycles. The number of benzene rings is 2. The van der Waals surface area contributed by atoms with Crippen molar-refractivity contribution in [3.8, 4) is 28.7 Å². The number of hydrogen-bond acceptors (Lipinski definition) is 8. The van der Waals surface area contributed by atoms with Gasteiger partial charge in [-0.25, -0.2) is 13.2 Å². The lowest BCUT2D eigenvalue weighted by atomic mass is 10.2. The number of methoxy groups -OCH3 is 3. The Kier molecular flexibility index (Phi) is 4.75. The van der Waals surface area contributed by atoms with Gasteiger partial charge in [0, 0.05) is 12.1 Å². The molecule has 1 aliphatic heterocycles. The molecule has 1 amide bonds. The van der Waals surface area contributed by atoms with E-state index in [2.05, 4.69) is 0 Å². The number of rotatable bonds is 5. The number of ether oxygens (including phenoxy) is 4. The zero-order valence-electron chi connectivity index (χ0n) is 14.8. The van der Waals surface area contributed by atoms with Crippen LogP contribution < -0.4 is 18.9 Å². The van der Waals surface area contributed by atoms with Crippen LogP contribution in [0.2, 0.25) is 0 Å². The molecule has 0 spiro atoms. The third-order valence-corrected chi connectivity index (χ3v) is 5.75. The number of hydrogen-bond donors (Lipinski definition) is 1. The van der Waals surface area contributed by atoms with Crippen LogP contribution in [0.1, 0.15) is 5.56 Å². The highest BCUT2D eigenvalue weighted by Crippen LogP contribution is 2.43. The summed E-state index contributed by atoms with van der Waals surface area (Å²) in [5, 5.41) is 9.67. The smallest absolute Gasteiger partial charge is 0.429 e. The molecule has 0 radical (unpaired) electrons. The number of carbonyl (C=O) groups is 1. The van der Waals surface area contributed by atoms with Crippen LogP contribution in [0.5, 0.6) is 28.7 Å². The fourth-order valence-corrected chi connectivity index (χ4v) is 4.17. The first-order chi connectivity index (χ1) is 12.8. The Hall–Kier alpha value is -3.14. The predicted molar refractivity (Wildman–Crippen MR) is 93.0 cm³/mol. The van der Waals surface area contributed by atoms with E-state index in [4.69, 9.17) is 18.9 Å². The van der Waals surface area contributed by atoms with Crippen molar-refractivity contribution in [2.75, 3.05) is 21.3 Å². The lowest BCUT2D eigenvalue weighted by Crippen LogP contribution is -2.42. The van der Waals surface area contributed by atoms with Gasteiger partial charge in [-0.1, -0.05) is 6.07 Å². The topological polar surface area (TPSA) is 112 Å². The molecule has 10 heteroatoms. The average Bonchev–Trinajstić information content (AvgIpc) is 2.65. The quantitative estimate of drug-likeness (QED) is 0.819. The fourth-order valence-electron chi connectivity index (χ4n) is 2.64. The van der Waals surface area contributed by atoms with E-state index in [9.17, 15) is 18.3 Å². The van der Waals surface area contributed by atoms with Crippen LogP contribution in [-0.2, 0) is 16.6 Å². The molecule has 144 valence electrons. The van der Waals surface area contributed by atoms with Gasteiger partial charge in [0.2, 0.25) is 0 Å². The van der Waals surface area contributed by atoms with Crippen molar-refractivity contribution in [3.63, 3.8) is 0 Å². The number of phenols is 1. The summed E-state index contributed by atoms with van der Waals surface area (Å²) in [4.78, 5) is 12.1. The summed E-state index contributed by atoms with van der Waals surface area (Å²) in [6.07, 6.45) is -1.06. The maximum atomic E-state index is 13.0. The number of fused-ring (bicyclic) bond motifs is 1. The third-order valence-electron chi connectivity index (χ3n) is 3.97. The van der Waals surface area contributed by atoms with Gasteiger partial charge < -0.3 is 24.1 Å². The number of amides is 1. The molecule has 1 aliphatic rings. The highest BCUT2D eigenvalue weighted by atomic mass is 32.2. The van der Waals surface area contributed by atoms with E-state index in [1.54, 1.807) is 0 Å². The maximum Gasteiger partial charge on any atom is 0.429 e. The number of aromatic hydroxyl groups is 1. The van der Waals surface area contributed by atoms with Crippen molar-refractivity contribution in [2.24, 2.45) is 0 Å². The van der Waals surface area contributed by atoms with Crippen molar-refractivity contribution >= 4 is 16.1 Å². The van der Waals surface area contributed by atoms with E-state index in [1.165, 1.54) is 51.7 Å². The number of sulfonamides is 1. The number of phenolic OH excluding ortho intramolecular Hbond substituents is 1. The van der Waals surface area contributed by atoms with Gasteiger partial charge in [-0.3, -0.25) is 0 Å². The fraction of sp³-hybridized carbons (Fsp3) is 0.235. The first-order valence-electron chi connectivity index (χ1n) is 7.68. The van der Waals surface area contributed by atoms with Crippen LogP contribution in [0, 0.1) is 0 Å². The van der Waals surface area contributed by atoms with Crippen molar-refractivity contribution in [2.45, 2.75) is 11.4 Å². The Morgan fingerprint density at radius 2 is 1.74 bits per heavy atom. The SMILES string of the molecule is COc1cc(OC)c2c(c1)OC(=O)N(Cc1ccc(O)c(OC)c1)S2(=O)=O. The van der Waals surface area contributed by atoms with Crippen molar-refractivity contribution < 1.29 is 37.3 Å². The summed E-state index contributed by atoms with van der Waals surface area (Å²) in [5.41, 5.74) is 0.418. The summed E-state index contributed by atoms with van der Waals surface area (Å²) >= 11 is 0. The van der Waals surface area contributed by atoms with Gasteiger partial charge in [-0.05, 0) is 17.7 Å². The average molecular weight is 395 g/mol. The Balaban J connectivity index is 2.06. The van der Waals surface area contributed by atoms with Gasteiger partial charge in [0.25, 0.3) is 10.0 Å². The minimum atomic E-state index is -4.25. The predicted octanol–water partition coefficient (Wildman–Crippen LogP) is 2.12. The highest BCUT2D eigenvalue weighted by Gasteiger charge is 2.41. The van der Waals surface area contributed by atoms with Crippen molar-refractivity contribution in [1.29, 1.82) is 0 Å². The summed E-state index contributed by atoms with van der Waals surface area (Å²) < 4.78 is 47.1. The van der Waals surface area contributed by atoms with Crippen LogP contribution in [0.3, 0.4) is 0 Å². The Morgan fingerprint density at radius 1 is 1.04 bits per heavy atom. The normalized spacial score (nSPS) is 14.9. The lowest BCUT2D eigenvalue weighted by Gasteiger charge is -2.28. The second kappa shape index (κ2) is 6.88. The van der Waals surface area contributed by atoms with E-state index < -0.39 is 16.1 Å². The van der Waals surface area contributed by atoms with Gasteiger partial charge >= 0.3 is 6.09 Å². The van der Waals surface area contributed by atoms with Gasteiger partial charge in [0.05, 0.1) is 27.9 Å². The Morgan fingerprint density at radius 3 is 2.37 bits per heavy atom. The van der Waals surface area contributed by atoms with Crippen LogP contribution in [-0.4, -0.2) is 45.3 Å². The molecule has 1 heterocycles. The van der Waals surface area contributed by atoms with E-state index in [0.717, 1.165) is 0 Å². The van der Waals surface area contributed by atoms with E-state index >= 15 is 0 Å². The van der Waals surface area contributed by atoms with Crippen LogP contribution >= 0.6 is 0 Å². The molecule has 0 saturated heterocycles. The molecule has 2 aromatic carbocycles. The monoisotopic (exact) mass is 395 g/mol. The molecular weight excluding hydrogens is 378 g/mol. The first-order valence-corrected chi connectivity index (χ1v) is 9.12. The molecule has 0 unspecified atom stereocenters. The second-order valence-electron chi connectivity index (χ2n) is 5.54. The standard InChI is InChI=1S/C17H17NO8S/c1-23-11-7-14(25-3)16-15(8-11)26-17(20)18(27(16,21)22)9-10-4-5-12(19)13(6-10)24-2/h4-8,19H,9H2,1-3H3. The van der Waals surface area contributed by atoms with Crippen molar-refractivity contribution in [3.05, 3.63) is 35.9 Å². The van der Waals surface area contributed by atoms with E-state index in [1.807, 2.05) is 0 Å². The second-order valence-corrected chi connectivity index (χ2v) is 7.34. The molecule has 2 aromatic rings. The number of nitrogens with zero attached hydrogens (tertiary/aromatic N) is 1. The molecule has 0 saturated carbocycles. The minimum Gasteiger partial charge on any atom is -0.504 e. The number of carbonyl (C=O) groups excluding carboxylic acids is 1. The zero-order valence-corrected chi connectivity index (χ0v) is 15.6. The van der Waals surface area contributed by atoms with Crippen molar-refractivity contribution in [1.82, 2.24) is 4.31 Å². The maximum absolute atomic E-state index is 13.0. The summed E-state index contributed by atoms with van der Waals surface area (Å²) in [7, 11) is -0.197. The summed E-state index contributed by atoms with van der Waals surface area (Å²) in [6, 6.07) is 6.93. The molecule has 1 N–H and O–H groups in total. The molecule has 3 rings (SSSR count). The van der Waals surface area contributed by atoms with E-state index in [0.29, 0.717) is 9.87 Å². The Bertz CT molecular complexity index is 1000. The lowest BCUT2D eigenvalue weighted by molar-refractivity contribution is 0.171. The molecule has 0 fully saturated rings. The largest absolute Gasteiger partial charge is 0.504 e. The Labute approximate surface area is 155 Å². The van der Waals surface area contributed by atoms with Crippen LogP contribution in [0.25, 0.3) is 0 Å². The van der Waals surface area contributed by atoms with Gasteiger partial charge in [0.15, 0.2) is 22.1 Å². The van der Waals surface area contributed by atoms with Gasteiger partial charge in [0.1, 0.15) is 11.5 Å². The summed E-state index contributed by atoms with van der Waals surface area (Å²) in [6.45, 7) is -0.313. The third kappa shape index (κ3) is 3.19. The van der Waals surface area contributed by atoms with Crippen LogP contribution in [0.15, 0.2) is 35.2 Å². The molecule has 27 heavy (non-hydrogen) atoms. The molecule has 9 nitrogen and oxygen atoms in total. The van der Waals surface area contributed by atoms with Gasteiger partial charge in [-0.15, -0.1) is 0 Å².